The van der Waals surface area contributed by atoms with Crippen molar-refractivity contribution in [3.05, 3.63) is 47.2 Å². The zero-order chi connectivity index (χ0) is 14.3. The molecule has 2 aromatic heterocycles. The zero-order valence-electron chi connectivity index (χ0n) is 10.8. The van der Waals surface area contributed by atoms with Crippen molar-refractivity contribution in [2.45, 2.75) is 17.6 Å². The van der Waals surface area contributed by atoms with Gasteiger partial charge in [0.15, 0.2) is 14.8 Å². The predicted octanol–water partition coefficient (Wildman–Crippen LogP) is 2.26. The quantitative estimate of drug-likeness (QED) is 0.753. The molecule has 0 saturated carbocycles. The number of benzene rings is 1. The highest BCUT2D eigenvalue weighted by Crippen LogP contribution is 2.22. The van der Waals surface area contributed by atoms with E-state index < -0.39 is 9.84 Å². The second-order valence-corrected chi connectivity index (χ2v) is 7.44. The second kappa shape index (κ2) is 4.60. The SMILES string of the molecule is Cc1cc(N)ccc1S(=O)(=O)Cc1cn2ccsc2n1. The van der Waals surface area contributed by atoms with Gasteiger partial charge in [0.2, 0.25) is 0 Å². The number of thiazole rings is 1. The van der Waals surface area contributed by atoms with Crippen molar-refractivity contribution in [3.8, 4) is 0 Å². The molecule has 0 spiro atoms. The van der Waals surface area contributed by atoms with Gasteiger partial charge in [0.05, 0.1) is 16.3 Å². The van der Waals surface area contributed by atoms with Crippen LogP contribution < -0.4 is 5.73 Å². The van der Waals surface area contributed by atoms with E-state index in [0.717, 1.165) is 4.96 Å². The van der Waals surface area contributed by atoms with Crippen LogP contribution in [-0.4, -0.2) is 17.8 Å². The Bertz CT molecular complexity index is 850. The maximum Gasteiger partial charge on any atom is 0.193 e. The number of anilines is 1. The number of hydrogen-bond acceptors (Lipinski definition) is 5. The van der Waals surface area contributed by atoms with E-state index in [2.05, 4.69) is 4.98 Å². The van der Waals surface area contributed by atoms with E-state index in [0.29, 0.717) is 21.8 Å². The van der Waals surface area contributed by atoms with Crippen LogP contribution in [0.3, 0.4) is 0 Å². The average molecular weight is 307 g/mol. The molecule has 20 heavy (non-hydrogen) atoms. The third-order valence-corrected chi connectivity index (χ3v) is 5.59. The Hall–Kier alpha value is -1.86. The maximum atomic E-state index is 12.4. The van der Waals surface area contributed by atoms with Gasteiger partial charge in [-0.2, -0.15) is 0 Å². The number of rotatable bonds is 3. The van der Waals surface area contributed by atoms with Crippen LogP contribution in [-0.2, 0) is 15.6 Å². The van der Waals surface area contributed by atoms with E-state index >= 15 is 0 Å². The normalized spacial score (nSPS) is 12.1. The summed E-state index contributed by atoms with van der Waals surface area (Å²) in [5.74, 6) is -0.105. The molecule has 0 fully saturated rings. The molecular weight excluding hydrogens is 294 g/mol. The summed E-state index contributed by atoms with van der Waals surface area (Å²) in [6.45, 7) is 1.75. The van der Waals surface area contributed by atoms with Gasteiger partial charge in [-0.05, 0) is 30.7 Å². The fourth-order valence-electron chi connectivity index (χ4n) is 2.14. The molecular formula is C13H13N3O2S2. The Balaban J connectivity index is 1.97. The number of imidazole rings is 1. The van der Waals surface area contributed by atoms with Gasteiger partial charge in [-0.25, -0.2) is 13.4 Å². The Morgan fingerprint density at radius 2 is 2.20 bits per heavy atom. The molecule has 0 amide bonds. The van der Waals surface area contributed by atoms with E-state index in [1.165, 1.54) is 11.3 Å². The molecule has 1 aromatic carbocycles. The van der Waals surface area contributed by atoms with Crippen LogP contribution in [0.4, 0.5) is 5.69 Å². The van der Waals surface area contributed by atoms with Crippen molar-refractivity contribution in [2.75, 3.05) is 5.73 Å². The van der Waals surface area contributed by atoms with Crippen LogP contribution in [0.5, 0.6) is 0 Å². The Morgan fingerprint density at radius 3 is 2.90 bits per heavy atom. The summed E-state index contributed by atoms with van der Waals surface area (Å²) in [5.41, 5.74) is 7.42. The number of hydrogen-bond donors (Lipinski definition) is 1. The van der Waals surface area contributed by atoms with Gasteiger partial charge in [-0.15, -0.1) is 11.3 Å². The van der Waals surface area contributed by atoms with Crippen LogP contribution in [0.15, 0.2) is 40.9 Å². The highest BCUT2D eigenvalue weighted by atomic mass is 32.2. The third kappa shape index (κ3) is 2.30. The van der Waals surface area contributed by atoms with Gasteiger partial charge in [0.1, 0.15) is 0 Å². The summed E-state index contributed by atoms with van der Waals surface area (Å²) in [6, 6.07) is 4.82. The van der Waals surface area contributed by atoms with Crippen LogP contribution in [0, 0.1) is 6.92 Å². The monoisotopic (exact) mass is 307 g/mol. The predicted molar refractivity (Wildman–Crippen MR) is 79.6 cm³/mol. The van der Waals surface area contributed by atoms with Gasteiger partial charge in [0.25, 0.3) is 0 Å². The topological polar surface area (TPSA) is 77.5 Å². The lowest BCUT2D eigenvalue weighted by molar-refractivity contribution is 0.594. The first-order valence-corrected chi connectivity index (χ1v) is 8.49. The molecule has 7 heteroatoms. The molecule has 2 heterocycles. The van der Waals surface area contributed by atoms with Crippen LogP contribution >= 0.6 is 11.3 Å². The number of fused-ring (bicyclic) bond motifs is 1. The fraction of sp³-hybridized carbons (Fsp3) is 0.154. The molecule has 3 aromatic rings. The molecule has 0 unspecified atom stereocenters. The summed E-state index contributed by atoms with van der Waals surface area (Å²) in [6.07, 6.45) is 3.60. The molecule has 0 bridgehead atoms. The minimum atomic E-state index is -3.41. The van der Waals surface area contributed by atoms with E-state index in [1.807, 2.05) is 16.0 Å². The Labute approximate surface area is 120 Å². The van der Waals surface area contributed by atoms with Crippen molar-refractivity contribution in [1.29, 1.82) is 0 Å². The molecule has 3 rings (SSSR count). The van der Waals surface area contributed by atoms with Crippen LogP contribution in [0.25, 0.3) is 4.96 Å². The van der Waals surface area contributed by atoms with Crippen molar-refractivity contribution in [3.63, 3.8) is 0 Å². The third-order valence-electron chi connectivity index (χ3n) is 3.02. The molecule has 104 valence electrons. The van der Waals surface area contributed by atoms with E-state index in [-0.39, 0.29) is 5.75 Å². The number of nitrogens with zero attached hydrogens (tertiary/aromatic N) is 2. The van der Waals surface area contributed by atoms with E-state index in [1.54, 1.807) is 31.3 Å². The van der Waals surface area contributed by atoms with Crippen LogP contribution in [0.2, 0.25) is 0 Å². The smallest absolute Gasteiger partial charge is 0.193 e. The minimum absolute atomic E-state index is 0.105. The molecule has 2 N–H and O–H groups in total. The van der Waals surface area contributed by atoms with Crippen molar-refractivity contribution in [2.24, 2.45) is 0 Å². The highest BCUT2D eigenvalue weighted by Gasteiger charge is 2.19. The molecule has 0 aliphatic rings. The molecule has 0 radical (unpaired) electrons. The summed E-state index contributed by atoms with van der Waals surface area (Å²) >= 11 is 1.48. The first-order valence-electron chi connectivity index (χ1n) is 5.96. The zero-order valence-corrected chi connectivity index (χ0v) is 12.4. The lowest BCUT2D eigenvalue weighted by Crippen LogP contribution is -2.07. The van der Waals surface area contributed by atoms with Crippen molar-refractivity contribution < 1.29 is 8.42 Å². The van der Waals surface area contributed by atoms with Gasteiger partial charge < -0.3 is 5.73 Å². The summed E-state index contributed by atoms with van der Waals surface area (Å²) in [5, 5.41) is 1.91. The van der Waals surface area contributed by atoms with Gasteiger partial charge >= 0.3 is 0 Å². The summed E-state index contributed by atoms with van der Waals surface area (Å²) in [4.78, 5) is 5.41. The molecule has 0 aliphatic heterocycles. The maximum absolute atomic E-state index is 12.4. The van der Waals surface area contributed by atoms with E-state index in [4.69, 9.17) is 5.73 Å². The number of nitrogens with two attached hydrogens (primary N) is 1. The minimum Gasteiger partial charge on any atom is -0.399 e. The lowest BCUT2D eigenvalue weighted by Gasteiger charge is -2.07. The molecule has 5 nitrogen and oxygen atoms in total. The summed E-state index contributed by atoms with van der Waals surface area (Å²) in [7, 11) is -3.41. The van der Waals surface area contributed by atoms with Gasteiger partial charge in [-0.3, -0.25) is 4.40 Å². The van der Waals surface area contributed by atoms with Crippen molar-refractivity contribution in [1.82, 2.24) is 9.38 Å². The number of sulfone groups is 1. The lowest BCUT2D eigenvalue weighted by atomic mass is 10.2. The number of aryl methyl sites for hydroxylation is 1. The van der Waals surface area contributed by atoms with Gasteiger partial charge in [0, 0.05) is 23.5 Å². The number of aromatic nitrogens is 2. The average Bonchev–Trinajstić information content (AvgIpc) is 2.87. The standard InChI is InChI=1S/C13H13N3O2S2/c1-9-6-10(14)2-3-12(9)20(17,18)8-11-7-16-4-5-19-13(16)15-11/h2-7H,8,14H2,1H3. The van der Waals surface area contributed by atoms with E-state index in [9.17, 15) is 8.42 Å². The Morgan fingerprint density at radius 1 is 1.40 bits per heavy atom. The number of nitrogen functional groups attached to an aromatic ring is 1. The Kier molecular flexibility index (Phi) is 3.02. The van der Waals surface area contributed by atoms with Crippen LogP contribution in [0.1, 0.15) is 11.3 Å². The fourth-order valence-corrected chi connectivity index (χ4v) is 4.37. The molecule has 0 saturated heterocycles. The summed E-state index contributed by atoms with van der Waals surface area (Å²) < 4.78 is 26.7. The second-order valence-electron chi connectivity index (χ2n) is 4.61. The highest BCUT2D eigenvalue weighted by molar-refractivity contribution is 7.90. The first-order chi connectivity index (χ1) is 9.45. The molecule has 0 aliphatic carbocycles. The molecule has 0 atom stereocenters. The van der Waals surface area contributed by atoms with Gasteiger partial charge in [-0.1, -0.05) is 0 Å². The first kappa shape index (κ1) is 13.1. The largest absolute Gasteiger partial charge is 0.399 e. The van der Waals surface area contributed by atoms with Crippen molar-refractivity contribution >= 4 is 31.8 Å².